The summed E-state index contributed by atoms with van der Waals surface area (Å²) < 4.78 is 23.0. The number of anilines is 1. The van der Waals surface area contributed by atoms with Crippen LogP contribution in [0.5, 0.6) is 0 Å². The van der Waals surface area contributed by atoms with Crippen molar-refractivity contribution >= 4 is 15.7 Å². The van der Waals surface area contributed by atoms with Gasteiger partial charge < -0.3 is 5.73 Å². The van der Waals surface area contributed by atoms with Crippen molar-refractivity contribution < 1.29 is 8.42 Å². The Morgan fingerprint density at radius 2 is 1.90 bits per heavy atom. The summed E-state index contributed by atoms with van der Waals surface area (Å²) in [6, 6.07) is 9.00. The Labute approximate surface area is 118 Å². The van der Waals surface area contributed by atoms with Gasteiger partial charge in [-0.2, -0.15) is 5.10 Å². The Morgan fingerprint density at radius 3 is 2.30 bits per heavy atom. The number of nitrogens with one attached hydrogen (secondary N) is 1. The van der Waals surface area contributed by atoms with Gasteiger partial charge in [0.25, 0.3) is 0 Å². The molecule has 0 spiro atoms. The van der Waals surface area contributed by atoms with Crippen molar-refractivity contribution in [3.05, 3.63) is 41.6 Å². The molecule has 5 nitrogen and oxygen atoms in total. The van der Waals surface area contributed by atoms with Crippen molar-refractivity contribution in [2.75, 3.05) is 12.0 Å². The first-order valence-electron chi connectivity index (χ1n) is 6.54. The molecule has 0 aliphatic heterocycles. The van der Waals surface area contributed by atoms with Crippen LogP contribution in [-0.4, -0.2) is 24.9 Å². The lowest BCUT2D eigenvalue weighted by Crippen LogP contribution is -2.35. The van der Waals surface area contributed by atoms with Crippen LogP contribution in [0.25, 0.3) is 0 Å². The highest BCUT2D eigenvalue weighted by molar-refractivity contribution is 7.90. The summed E-state index contributed by atoms with van der Waals surface area (Å²) in [5.74, 6) is 0.485. The molecule has 3 N–H and O–H groups in total. The van der Waals surface area contributed by atoms with Crippen molar-refractivity contribution in [2.24, 2.45) is 0 Å². The molecule has 0 bridgehead atoms. The molecule has 0 unspecified atom stereocenters. The normalized spacial score (nSPS) is 17.6. The van der Waals surface area contributed by atoms with Gasteiger partial charge in [0.1, 0.15) is 5.82 Å². The molecule has 1 saturated carbocycles. The van der Waals surface area contributed by atoms with Crippen LogP contribution in [0.4, 0.5) is 5.82 Å². The minimum Gasteiger partial charge on any atom is -0.382 e. The number of nitrogens with zero attached hydrogens (tertiary/aromatic N) is 1. The summed E-state index contributed by atoms with van der Waals surface area (Å²) in [6.07, 6.45) is 4.41. The molecule has 20 heavy (non-hydrogen) atoms. The smallest absolute Gasteiger partial charge is 0.175 e. The van der Waals surface area contributed by atoms with Gasteiger partial charge in [0.05, 0.1) is 4.90 Å². The fraction of sp³-hybridized carbons (Fsp3) is 0.357. The predicted molar refractivity (Wildman–Crippen MR) is 77.2 cm³/mol. The van der Waals surface area contributed by atoms with Crippen LogP contribution in [0.3, 0.4) is 0 Å². The fourth-order valence-corrected chi connectivity index (χ4v) is 3.48. The van der Waals surface area contributed by atoms with Crippen LogP contribution in [0.15, 0.2) is 35.2 Å². The van der Waals surface area contributed by atoms with E-state index in [1.54, 1.807) is 12.1 Å². The number of hydrogen-bond donors (Lipinski definition) is 2. The summed E-state index contributed by atoms with van der Waals surface area (Å²) in [5, 5.41) is 7.00. The molecule has 0 amide bonds. The van der Waals surface area contributed by atoms with Crippen LogP contribution in [0, 0.1) is 0 Å². The lowest BCUT2D eigenvalue weighted by molar-refractivity contribution is 0.293. The van der Waals surface area contributed by atoms with E-state index in [1.807, 2.05) is 18.2 Å². The minimum atomic E-state index is -3.15. The zero-order valence-electron chi connectivity index (χ0n) is 11.3. The number of aromatic amines is 1. The van der Waals surface area contributed by atoms with E-state index in [-0.39, 0.29) is 5.41 Å². The highest BCUT2D eigenvalue weighted by Crippen LogP contribution is 2.48. The Balaban J connectivity index is 2.02. The largest absolute Gasteiger partial charge is 0.382 e. The third-order valence-corrected chi connectivity index (χ3v) is 5.28. The van der Waals surface area contributed by atoms with E-state index >= 15 is 0 Å². The summed E-state index contributed by atoms with van der Waals surface area (Å²) in [4.78, 5) is 0.347. The molecule has 0 saturated heterocycles. The fourth-order valence-electron chi connectivity index (χ4n) is 2.85. The predicted octanol–water partition coefficient (Wildman–Crippen LogP) is 1.87. The van der Waals surface area contributed by atoms with E-state index in [2.05, 4.69) is 10.2 Å². The van der Waals surface area contributed by atoms with Crippen LogP contribution in [0.1, 0.15) is 30.5 Å². The zero-order chi connectivity index (χ0) is 14.4. The number of hydrogen-bond acceptors (Lipinski definition) is 4. The summed E-state index contributed by atoms with van der Waals surface area (Å²) in [5.41, 5.74) is 7.71. The Kier molecular flexibility index (Phi) is 2.86. The minimum absolute atomic E-state index is 0.0966. The monoisotopic (exact) mass is 291 g/mol. The SMILES string of the molecule is CS(=O)(=O)c1ccc(C2(c3cc(N)n[nH]3)CCC2)cc1. The molecular formula is C14H17N3O2S. The third kappa shape index (κ3) is 2.00. The third-order valence-electron chi connectivity index (χ3n) is 4.16. The molecule has 1 fully saturated rings. The van der Waals surface area contributed by atoms with Gasteiger partial charge in [-0.15, -0.1) is 0 Å². The molecule has 1 aromatic heterocycles. The van der Waals surface area contributed by atoms with Gasteiger partial charge in [-0.1, -0.05) is 18.6 Å². The summed E-state index contributed by atoms with van der Waals surface area (Å²) in [7, 11) is -3.15. The van der Waals surface area contributed by atoms with Gasteiger partial charge in [0, 0.05) is 23.4 Å². The quantitative estimate of drug-likeness (QED) is 0.903. The molecular weight excluding hydrogens is 274 g/mol. The maximum atomic E-state index is 11.5. The van der Waals surface area contributed by atoms with E-state index in [0.717, 1.165) is 30.5 Å². The topological polar surface area (TPSA) is 88.8 Å². The van der Waals surface area contributed by atoms with Crippen LogP contribution >= 0.6 is 0 Å². The molecule has 3 rings (SSSR count). The van der Waals surface area contributed by atoms with Gasteiger partial charge in [-0.05, 0) is 30.5 Å². The molecule has 1 aliphatic carbocycles. The van der Waals surface area contributed by atoms with Gasteiger partial charge in [0.15, 0.2) is 9.84 Å². The average molecular weight is 291 g/mol. The number of nitrogens with two attached hydrogens (primary N) is 1. The standard InChI is InChI=1S/C14H17N3O2S/c1-20(18,19)11-5-3-10(4-6-11)14(7-2-8-14)12-9-13(15)17-16-12/h3-6,9H,2,7-8H2,1H3,(H3,15,16,17). The van der Waals surface area contributed by atoms with Crippen molar-refractivity contribution in [3.8, 4) is 0 Å². The number of nitrogen functional groups attached to an aromatic ring is 1. The highest BCUT2D eigenvalue weighted by Gasteiger charge is 2.41. The maximum Gasteiger partial charge on any atom is 0.175 e. The first-order valence-corrected chi connectivity index (χ1v) is 8.43. The van der Waals surface area contributed by atoms with Crippen molar-refractivity contribution in [1.29, 1.82) is 0 Å². The molecule has 6 heteroatoms. The number of H-pyrrole nitrogens is 1. The number of sulfone groups is 1. The molecule has 1 aromatic carbocycles. The van der Waals surface area contributed by atoms with E-state index in [9.17, 15) is 8.42 Å². The van der Waals surface area contributed by atoms with Crippen LogP contribution in [0.2, 0.25) is 0 Å². The Bertz CT molecular complexity index is 728. The first kappa shape index (κ1) is 13.2. The second kappa shape index (κ2) is 4.34. The number of benzene rings is 1. The van der Waals surface area contributed by atoms with Crippen LogP contribution < -0.4 is 5.73 Å². The molecule has 0 atom stereocenters. The second-order valence-electron chi connectivity index (χ2n) is 5.44. The van der Waals surface area contributed by atoms with E-state index in [4.69, 9.17) is 5.73 Å². The first-order chi connectivity index (χ1) is 9.42. The van der Waals surface area contributed by atoms with Gasteiger partial charge >= 0.3 is 0 Å². The Morgan fingerprint density at radius 1 is 1.25 bits per heavy atom. The highest BCUT2D eigenvalue weighted by atomic mass is 32.2. The van der Waals surface area contributed by atoms with Crippen LogP contribution in [-0.2, 0) is 15.3 Å². The van der Waals surface area contributed by atoms with E-state index in [0.29, 0.717) is 10.7 Å². The molecule has 0 radical (unpaired) electrons. The van der Waals surface area contributed by atoms with Gasteiger partial charge in [0.2, 0.25) is 0 Å². The summed E-state index contributed by atoms with van der Waals surface area (Å²) >= 11 is 0. The zero-order valence-corrected chi connectivity index (χ0v) is 12.1. The molecule has 2 aromatic rings. The van der Waals surface area contributed by atoms with E-state index < -0.39 is 9.84 Å². The van der Waals surface area contributed by atoms with E-state index in [1.165, 1.54) is 6.26 Å². The molecule has 1 heterocycles. The Hall–Kier alpha value is -1.82. The number of aromatic nitrogens is 2. The second-order valence-corrected chi connectivity index (χ2v) is 7.45. The lowest BCUT2D eigenvalue weighted by Gasteiger charge is -2.41. The average Bonchev–Trinajstić information content (AvgIpc) is 2.74. The maximum absolute atomic E-state index is 11.5. The van der Waals surface area contributed by atoms with Gasteiger partial charge in [-0.25, -0.2) is 8.42 Å². The molecule has 106 valence electrons. The van der Waals surface area contributed by atoms with Gasteiger partial charge in [-0.3, -0.25) is 5.10 Å². The number of rotatable bonds is 3. The van der Waals surface area contributed by atoms with Crippen molar-refractivity contribution in [1.82, 2.24) is 10.2 Å². The molecule has 1 aliphatic rings. The summed E-state index contributed by atoms with van der Waals surface area (Å²) in [6.45, 7) is 0. The van der Waals surface area contributed by atoms with Crippen molar-refractivity contribution in [2.45, 2.75) is 29.6 Å². The van der Waals surface area contributed by atoms with Crippen molar-refractivity contribution in [3.63, 3.8) is 0 Å². The lowest BCUT2D eigenvalue weighted by atomic mass is 9.62.